The fourth-order valence-corrected chi connectivity index (χ4v) is 1.79. The molecule has 0 saturated carbocycles. The molecule has 18 heavy (non-hydrogen) atoms. The second-order valence-electron chi connectivity index (χ2n) is 4.59. The minimum absolute atomic E-state index is 0.138. The normalized spacial score (nSPS) is 12.9. The second-order valence-corrected chi connectivity index (χ2v) is 5.45. The third-order valence-electron chi connectivity index (χ3n) is 2.31. The minimum Gasteiger partial charge on any atom is -0.390 e. The van der Waals surface area contributed by atoms with Crippen molar-refractivity contribution in [1.29, 1.82) is 0 Å². The van der Waals surface area contributed by atoms with E-state index in [-0.39, 0.29) is 11.0 Å². The topological polar surface area (TPSA) is 87.1 Å². The van der Waals surface area contributed by atoms with Gasteiger partial charge in [-0.3, -0.25) is 14.3 Å². The van der Waals surface area contributed by atoms with E-state index in [1.807, 2.05) is 0 Å². The Balaban J connectivity index is 2.59. The lowest BCUT2D eigenvalue weighted by Gasteiger charge is -2.14. The van der Waals surface area contributed by atoms with E-state index >= 15 is 0 Å². The van der Waals surface area contributed by atoms with Crippen LogP contribution in [0.25, 0.3) is 0 Å². The van der Waals surface area contributed by atoms with Crippen LogP contribution in [0.15, 0.2) is 20.3 Å². The molecule has 1 rings (SSSR count). The Morgan fingerprint density at radius 1 is 1.44 bits per heavy atom. The largest absolute Gasteiger partial charge is 0.390 e. The average molecular weight is 320 g/mol. The van der Waals surface area contributed by atoms with Gasteiger partial charge >= 0.3 is 5.69 Å². The maximum absolute atomic E-state index is 11.5. The molecule has 1 atom stereocenters. The van der Waals surface area contributed by atoms with Crippen LogP contribution >= 0.6 is 15.9 Å². The molecule has 1 unspecified atom stereocenters. The van der Waals surface area contributed by atoms with Gasteiger partial charge in [-0.05, 0) is 28.4 Å². The molecule has 0 aromatic carbocycles. The van der Waals surface area contributed by atoms with Crippen molar-refractivity contribution in [1.82, 2.24) is 14.9 Å². The first-order chi connectivity index (χ1) is 8.40. The molecule has 0 aliphatic heterocycles. The molecule has 7 heteroatoms. The SMILES string of the molecule is CC(C)CNCC(O)Cn1cc(Br)c(=O)[nH]c1=O. The molecular weight excluding hydrogens is 302 g/mol. The summed E-state index contributed by atoms with van der Waals surface area (Å²) in [6.45, 7) is 5.49. The number of nitrogens with one attached hydrogen (secondary N) is 2. The first-order valence-electron chi connectivity index (χ1n) is 5.78. The first-order valence-corrected chi connectivity index (χ1v) is 6.57. The van der Waals surface area contributed by atoms with Crippen LogP contribution in [0.4, 0.5) is 0 Å². The number of hydrogen-bond donors (Lipinski definition) is 3. The van der Waals surface area contributed by atoms with Crippen LogP contribution < -0.4 is 16.6 Å². The predicted octanol–water partition coefficient (Wildman–Crippen LogP) is -0.0944. The number of hydrogen-bond acceptors (Lipinski definition) is 4. The van der Waals surface area contributed by atoms with E-state index in [1.54, 1.807) is 0 Å². The van der Waals surface area contributed by atoms with Gasteiger partial charge in [-0.25, -0.2) is 4.79 Å². The van der Waals surface area contributed by atoms with Crippen LogP contribution in [0, 0.1) is 5.92 Å². The van der Waals surface area contributed by atoms with E-state index in [9.17, 15) is 14.7 Å². The van der Waals surface area contributed by atoms with Crippen LogP contribution in [-0.4, -0.2) is 33.9 Å². The Bertz CT molecular complexity index is 495. The van der Waals surface area contributed by atoms with Gasteiger partial charge in [0, 0.05) is 12.7 Å². The lowest BCUT2D eigenvalue weighted by Crippen LogP contribution is -2.37. The molecule has 0 spiro atoms. The van der Waals surface area contributed by atoms with Gasteiger partial charge in [-0.1, -0.05) is 13.8 Å². The van der Waals surface area contributed by atoms with Gasteiger partial charge in [0.25, 0.3) is 5.56 Å². The number of rotatable bonds is 6. The molecule has 1 heterocycles. The van der Waals surface area contributed by atoms with Gasteiger partial charge in [0.05, 0.1) is 17.1 Å². The van der Waals surface area contributed by atoms with Gasteiger partial charge in [-0.2, -0.15) is 0 Å². The fourth-order valence-electron chi connectivity index (χ4n) is 1.45. The number of aromatic amines is 1. The highest BCUT2D eigenvalue weighted by atomic mass is 79.9. The Labute approximate surface area is 113 Å². The van der Waals surface area contributed by atoms with Gasteiger partial charge in [0.2, 0.25) is 0 Å². The average Bonchev–Trinajstić information content (AvgIpc) is 2.25. The molecule has 0 aliphatic carbocycles. The molecule has 0 aliphatic rings. The molecule has 0 saturated heterocycles. The summed E-state index contributed by atoms with van der Waals surface area (Å²) < 4.78 is 1.54. The minimum atomic E-state index is -0.681. The predicted molar refractivity (Wildman–Crippen MR) is 72.7 cm³/mol. The zero-order valence-electron chi connectivity index (χ0n) is 10.4. The molecule has 1 aromatic rings. The van der Waals surface area contributed by atoms with Crippen LogP contribution in [0.5, 0.6) is 0 Å². The van der Waals surface area contributed by atoms with E-state index in [0.717, 1.165) is 6.54 Å². The Morgan fingerprint density at radius 3 is 2.72 bits per heavy atom. The van der Waals surface area contributed by atoms with Crippen molar-refractivity contribution in [2.75, 3.05) is 13.1 Å². The number of halogens is 1. The van der Waals surface area contributed by atoms with Crippen molar-refractivity contribution < 1.29 is 5.11 Å². The maximum Gasteiger partial charge on any atom is 0.328 e. The molecular formula is C11H18BrN3O3. The lowest BCUT2D eigenvalue weighted by atomic mass is 10.2. The number of H-pyrrole nitrogens is 1. The van der Waals surface area contributed by atoms with E-state index in [4.69, 9.17) is 0 Å². The molecule has 0 amide bonds. The highest BCUT2D eigenvalue weighted by Gasteiger charge is 2.08. The van der Waals surface area contributed by atoms with Crippen molar-refractivity contribution in [3.63, 3.8) is 0 Å². The van der Waals surface area contributed by atoms with Crippen molar-refractivity contribution >= 4 is 15.9 Å². The number of nitrogens with zero attached hydrogens (tertiary/aromatic N) is 1. The van der Waals surface area contributed by atoms with Crippen LogP contribution in [0.2, 0.25) is 0 Å². The van der Waals surface area contributed by atoms with Crippen LogP contribution in [0.1, 0.15) is 13.8 Å². The summed E-state index contributed by atoms with van der Waals surface area (Å²) in [7, 11) is 0. The number of aliphatic hydroxyl groups is 1. The molecule has 6 nitrogen and oxygen atoms in total. The Kier molecular flexibility index (Phi) is 5.77. The molecule has 0 bridgehead atoms. The van der Waals surface area contributed by atoms with Crippen molar-refractivity contribution in [2.24, 2.45) is 5.92 Å². The molecule has 102 valence electrons. The highest BCUT2D eigenvalue weighted by molar-refractivity contribution is 9.10. The van der Waals surface area contributed by atoms with Crippen molar-refractivity contribution in [2.45, 2.75) is 26.5 Å². The lowest BCUT2D eigenvalue weighted by molar-refractivity contribution is 0.148. The third kappa shape index (κ3) is 4.75. The van der Waals surface area contributed by atoms with Gasteiger partial charge in [-0.15, -0.1) is 0 Å². The smallest absolute Gasteiger partial charge is 0.328 e. The van der Waals surface area contributed by atoms with E-state index < -0.39 is 17.4 Å². The zero-order valence-corrected chi connectivity index (χ0v) is 12.0. The molecule has 3 N–H and O–H groups in total. The molecule has 0 fully saturated rings. The summed E-state index contributed by atoms with van der Waals surface area (Å²) in [5.41, 5.74) is -0.991. The Hall–Kier alpha value is -0.920. The Morgan fingerprint density at radius 2 is 2.11 bits per heavy atom. The number of aromatic nitrogens is 2. The van der Waals surface area contributed by atoms with E-state index in [0.29, 0.717) is 12.5 Å². The summed E-state index contributed by atoms with van der Waals surface area (Å²) in [6, 6.07) is 0. The summed E-state index contributed by atoms with van der Waals surface area (Å²) in [5, 5.41) is 12.9. The fraction of sp³-hybridized carbons (Fsp3) is 0.636. The highest BCUT2D eigenvalue weighted by Crippen LogP contribution is 1.98. The molecule has 1 aromatic heterocycles. The monoisotopic (exact) mass is 319 g/mol. The van der Waals surface area contributed by atoms with E-state index in [2.05, 4.69) is 40.1 Å². The first kappa shape index (κ1) is 15.1. The van der Waals surface area contributed by atoms with Gasteiger partial charge in [0.1, 0.15) is 0 Å². The van der Waals surface area contributed by atoms with E-state index in [1.165, 1.54) is 10.8 Å². The van der Waals surface area contributed by atoms with Crippen LogP contribution in [0.3, 0.4) is 0 Å². The van der Waals surface area contributed by atoms with Gasteiger partial charge in [0.15, 0.2) is 0 Å². The summed E-state index contributed by atoms with van der Waals surface area (Å²) in [6.07, 6.45) is 0.701. The third-order valence-corrected chi connectivity index (χ3v) is 2.87. The van der Waals surface area contributed by atoms with Crippen molar-refractivity contribution in [3.05, 3.63) is 31.5 Å². The van der Waals surface area contributed by atoms with Crippen molar-refractivity contribution in [3.8, 4) is 0 Å². The second kappa shape index (κ2) is 6.86. The quantitative estimate of drug-likeness (QED) is 0.683. The summed E-state index contributed by atoms with van der Waals surface area (Å²) in [5.74, 6) is 0.502. The van der Waals surface area contributed by atoms with Crippen LogP contribution in [-0.2, 0) is 6.54 Å². The number of aliphatic hydroxyl groups excluding tert-OH is 1. The summed E-state index contributed by atoms with van der Waals surface area (Å²) in [4.78, 5) is 24.8. The standard InChI is InChI=1S/C11H18BrN3O3/c1-7(2)3-13-4-8(16)5-15-6-9(12)10(17)14-11(15)18/h6-8,13,16H,3-5H2,1-2H3,(H,14,17,18). The maximum atomic E-state index is 11.5. The molecule has 0 radical (unpaired) electrons. The summed E-state index contributed by atoms with van der Waals surface area (Å²) >= 11 is 3.04. The van der Waals surface area contributed by atoms with Gasteiger partial charge < -0.3 is 10.4 Å². The zero-order chi connectivity index (χ0) is 13.7.